The van der Waals surface area contributed by atoms with Crippen LogP contribution in [0.25, 0.3) is 0 Å². The van der Waals surface area contributed by atoms with Crippen LogP contribution in [0.15, 0.2) is 18.3 Å². The summed E-state index contributed by atoms with van der Waals surface area (Å²) < 4.78 is 0. The molecular formula is C10H14ClNO. The number of hydrogen-bond donors (Lipinski definition) is 1. The fourth-order valence-corrected chi connectivity index (χ4v) is 1.36. The van der Waals surface area contributed by atoms with Crippen molar-refractivity contribution in [2.24, 2.45) is 0 Å². The van der Waals surface area contributed by atoms with E-state index < -0.39 is 0 Å². The van der Waals surface area contributed by atoms with Gasteiger partial charge in [0.15, 0.2) is 0 Å². The Morgan fingerprint density at radius 3 is 2.85 bits per heavy atom. The Labute approximate surface area is 83.6 Å². The van der Waals surface area contributed by atoms with Crippen LogP contribution in [0, 0.1) is 0 Å². The van der Waals surface area contributed by atoms with Crippen molar-refractivity contribution >= 4 is 11.6 Å². The van der Waals surface area contributed by atoms with E-state index in [2.05, 4.69) is 4.98 Å². The molecule has 1 N–H and O–H groups in total. The van der Waals surface area contributed by atoms with Crippen LogP contribution in [0.5, 0.6) is 0 Å². The smallest absolute Gasteiger partial charge is 0.0439 e. The van der Waals surface area contributed by atoms with E-state index in [1.54, 1.807) is 12.3 Å². The molecule has 1 aromatic rings. The Balaban J connectivity index is 2.28. The van der Waals surface area contributed by atoms with Crippen LogP contribution in [-0.2, 0) is 6.42 Å². The molecular weight excluding hydrogens is 186 g/mol. The molecule has 2 nitrogen and oxygen atoms in total. The number of aromatic nitrogens is 1. The molecule has 1 aromatic heterocycles. The number of pyridine rings is 1. The van der Waals surface area contributed by atoms with Crippen molar-refractivity contribution in [3.8, 4) is 0 Å². The second kappa shape index (κ2) is 5.95. The van der Waals surface area contributed by atoms with Crippen molar-refractivity contribution in [2.75, 3.05) is 6.61 Å². The molecule has 0 saturated heterocycles. The van der Waals surface area contributed by atoms with Crippen LogP contribution >= 0.6 is 11.6 Å². The lowest BCUT2D eigenvalue weighted by molar-refractivity contribution is 0.283. The van der Waals surface area contributed by atoms with Crippen molar-refractivity contribution in [3.05, 3.63) is 29.0 Å². The van der Waals surface area contributed by atoms with Crippen LogP contribution in [0.4, 0.5) is 0 Å². The highest BCUT2D eigenvalue weighted by atomic mass is 35.5. The SMILES string of the molecule is OCCCCCc1cc(Cl)ccn1. The van der Waals surface area contributed by atoms with Crippen LogP contribution in [0.2, 0.25) is 5.02 Å². The zero-order chi connectivity index (χ0) is 9.52. The Kier molecular flexibility index (Phi) is 4.79. The van der Waals surface area contributed by atoms with E-state index in [4.69, 9.17) is 16.7 Å². The minimum absolute atomic E-state index is 0.281. The third-order valence-electron chi connectivity index (χ3n) is 1.87. The maximum atomic E-state index is 8.57. The lowest BCUT2D eigenvalue weighted by Gasteiger charge is -1.99. The number of hydrogen-bond acceptors (Lipinski definition) is 2. The second-order valence-electron chi connectivity index (χ2n) is 3.00. The van der Waals surface area contributed by atoms with Gasteiger partial charge in [0.05, 0.1) is 0 Å². The summed E-state index contributed by atoms with van der Waals surface area (Å²) >= 11 is 5.80. The van der Waals surface area contributed by atoms with Crippen molar-refractivity contribution in [1.29, 1.82) is 0 Å². The average Bonchev–Trinajstić information content (AvgIpc) is 2.13. The first-order chi connectivity index (χ1) is 6.33. The molecule has 0 spiro atoms. The maximum Gasteiger partial charge on any atom is 0.0439 e. The van der Waals surface area contributed by atoms with E-state index in [0.29, 0.717) is 0 Å². The topological polar surface area (TPSA) is 33.1 Å². The fourth-order valence-electron chi connectivity index (χ4n) is 1.18. The molecule has 0 radical (unpaired) electrons. The van der Waals surface area contributed by atoms with E-state index in [9.17, 15) is 0 Å². The Bertz CT molecular complexity index is 252. The van der Waals surface area contributed by atoms with Gasteiger partial charge in [0.1, 0.15) is 0 Å². The summed E-state index contributed by atoms with van der Waals surface area (Å²) in [5, 5.41) is 9.31. The summed E-state index contributed by atoms with van der Waals surface area (Å²) in [4.78, 5) is 4.19. The Hall–Kier alpha value is -0.600. The first-order valence-electron chi connectivity index (χ1n) is 4.54. The van der Waals surface area contributed by atoms with Gasteiger partial charge in [0, 0.05) is 23.5 Å². The molecule has 0 fully saturated rings. The van der Waals surface area contributed by atoms with Crippen LogP contribution in [-0.4, -0.2) is 16.7 Å². The van der Waals surface area contributed by atoms with E-state index in [0.717, 1.165) is 36.4 Å². The van der Waals surface area contributed by atoms with Gasteiger partial charge in [-0.3, -0.25) is 4.98 Å². The summed E-state index contributed by atoms with van der Waals surface area (Å²) in [5.41, 5.74) is 1.03. The lowest BCUT2D eigenvalue weighted by Crippen LogP contribution is -1.90. The monoisotopic (exact) mass is 199 g/mol. The van der Waals surface area contributed by atoms with Gasteiger partial charge >= 0.3 is 0 Å². The highest BCUT2D eigenvalue weighted by molar-refractivity contribution is 6.30. The highest BCUT2D eigenvalue weighted by Crippen LogP contribution is 2.10. The van der Waals surface area contributed by atoms with Gasteiger partial charge in [0.25, 0.3) is 0 Å². The molecule has 0 saturated carbocycles. The molecule has 0 atom stereocenters. The van der Waals surface area contributed by atoms with Crippen molar-refractivity contribution in [2.45, 2.75) is 25.7 Å². The summed E-state index contributed by atoms with van der Waals surface area (Å²) in [6, 6.07) is 3.67. The van der Waals surface area contributed by atoms with Crippen molar-refractivity contribution in [1.82, 2.24) is 4.98 Å². The summed E-state index contributed by atoms with van der Waals surface area (Å²) in [5.74, 6) is 0. The molecule has 3 heteroatoms. The molecule has 0 bridgehead atoms. The molecule has 0 aliphatic rings. The quantitative estimate of drug-likeness (QED) is 0.739. The van der Waals surface area contributed by atoms with Crippen LogP contribution < -0.4 is 0 Å². The predicted octanol–water partition coefficient (Wildman–Crippen LogP) is 2.44. The number of rotatable bonds is 5. The number of aryl methyl sites for hydroxylation is 1. The minimum atomic E-state index is 0.281. The molecule has 0 amide bonds. The van der Waals surface area contributed by atoms with Gasteiger partial charge in [-0.25, -0.2) is 0 Å². The molecule has 1 rings (SSSR count). The number of halogens is 1. The van der Waals surface area contributed by atoms with E-state index in [-0.39, 0.29) is 6.61 Å². The molecule has 0 aromatic carbocycles. The maximum absolute atomic E-state index is 8.57. The average molecular weight is 200 g/mol. The third-order valence-corrected chi connectivity index (χ3v) is 2.10. The second-order valence-corrected chi connectivity index (χ2v) is 3.44. The Morgan fingerprint density at radius 2 is 2.15 bits per heavy atom. The van der Waals surface area contributed by atoms with E-state index in [1.165, 1.54) is 0 Å². The van der Waals surface area contributed by atoms with Gasteiger partial charge in [0.2, 0.25) is 0 Å². The largest absolute Gasteiger partial charge is 0.396 e. The first-order valence-corrected chi connectivity index (χ1v) is 4.92. The number of aliphatic hydroxyl groups is 1. The first kappa shape index (κ1) is 10.5. The summed E-state index contributed by atoms with van der Waals surface area (Å²) in [7, 11) is 0. The van der Waals surface area contributed by atoms with E-state index >= 15 is 0 Å². The molecule has 0 aliphatic heterocycles. The number of aliphatic hydroxyl groups excluding tert-OH is 1. The lowest BCUT2D eigenvalue weighted by atomic mass is 10.1. The van der Waals surface area contributed by atoms with Gasteiger partial charge < -0.3 is 5.11 Å². The minimum Gasteiger partial charge on any atom is -0.396 e. The molecule has 1 heterocycles. The van der Waals surface area contributed by atoms with Gasteiger partial charge in [-0.05, 0) is 31.4 Å². The number of unbranched alkanes of at least 4 members (excludes halogenated alkanes) is 2. The number of nitrogens with zero attached hydrogens (tertiary/aromatic N) is 1. The molecule has 0 unspecified atom stereocenters. The van der Waals surface area contributed by atoms with Gasteiger partial charge in [-0.15, -0.1) is 0 Å². The molecule has 13 heavy (non-hydrogen) atoms. The van der Waals surface area contributed by atoms with Crippen molar-refractivity contribution in [3.63, 3.8) is 0 Å². The highest BCUT2D eigenvalue weighted by Gasteiger charge is 1.95. The fraction of sp³-hybridized carbons (Fsp3) is 0.500. The van der Waals surface area contributed by atoms with Gasteiger partial charge in [-0.2, -0.15) is 0 Å². The van der Waals surface area contributed by atoms with Crippen LogP contribution in [0.3, 0.4) is 0 Å². The molecule has 0 aliphatic carbocycles. The Morgan fingerprint density at radius 1 is 1.31 bits per heavy atom. The molecule has 72 valence electrons. The summed E-state index contributed by atoms with van der Waals surface area (Å²) in [6.07, 6.45) is 5.66. The zero-order valence-electron chi connectivity index (χ0n) is 7.54. The normalized spacial score (nSPS) is 10.3. The third kappa shape index (κ3) is 4.25. The predicted molar refractivity (Wildman–Crippen MR) is 53.9 cm³/mol. The van der Waals surface area contributed by atoms with Gasteiger partial charge in [-0.1, -0.05) is 18.0 Å². The van der Waals surface area contributed by atoms with Crippen LogP contribution in [0.1, 0.15) is 25.0 Å². The summed E-state index contributed by atoms with van der Waals surface area (Å²) in [6.45, 7) is 0.281. The standard InChI is InChI=1S/C10H14ClNO/c11-9-5-6-12-10(8-9)4-2-1-3-7-13/h5-6,8,13H,1-4,7H2. The van der Waals surface area contributed by atoms with Crippen molar-refractivity contribution < 1.29 is 5.11 Å². The van der Waals surface area contributed by atoms with E-state index in [1.807, 2.05) is 6.07 Å². The zero-order valence-corrected chi connectivity index (χ0v) is 8.30.